The third-order valence-electron chi connectivity index (χ3n) is 4.31. The fourth-order valence-corrected chi connectivity index (χ4v) is 3.40. The fourth-order valence-electron chi connectivity index (χ4n) is 3.40. The molecule has 0 spiro atoms. The van der Waals surface area contributed by atoms with Crippen LogP contribution in [0.4, 0.5) is 0 Å². The molecule has 0 fully saturated rings. The second kappa shape index (κ2) is 5.96. The highest BCUT2D eigenvalue weighted by molar-refractivity contribution is 5.76. The van der Waals surface area contributed by atoms with Crippen LogP contribution in [0.5, 0.6) is 0 Å². The third-order valence-corrected chi connectivity index (χ3v) is 4.31. The van der Waals surface area contributed by atoms with Gasteiger partial charge in [-0.15, -0.1) is 0 Å². The summed E-state index contributed by atoms with van der Waals surface area (Å²) in [7, 11) is 0. The molecule has 23 heavy (non-hydrogen) atoms. The molecule has 1 aromatic carbocycles. The number of nitrogens with zero attached hydrogens (tertiary/aromatic N) is 2. The van der Waals surface area contributed by atoms with Crippen LogP contribution in [-0.2, 0) is 0 Å². The minimum Gasteiger partial charge on any atom is -0.258 e. The van der Waals surface area contributed by atoms with Crippen molar-refractivity contribution in [2.45, 2.75) is 34.6 Å². The van der Waals surface area contributed by atoms with Crippen LogP contribution in [0, 0.1) is 34.6 Å². The Morgan fingerprint density at radius 2 is 1.43 bits per heavy atom. The van der Waals surface area contributed by atoms with E-state index < -0.39 is 0 Å². The normalized spacial score (nSPS) is 10.8. The molecule has 3 rings (SSSR count). The van der Waals surface area contributed by atoms with Crippen molar-refractivity contribution in [3.8, 4) is 22.4 Å². The highest BCUT2D eigenvalue weighted by Crippen LogP contribution is 2.31. The van der Waals surface area contributed by atoms with Crippen LogP contribution in [0.25, 0.3) is 22.4 Å². The second-order valence-electron chi connectivity index (χ2n) is 6.24. The van der Waals surface area contributed by atoms with E-state index in [0.717, 1.165) is 22.6 Å². The average Bonchev–Trinajstić information content (AvgIpc) is 2.46. The van der Waals surface area contributed by atoms with Crippen LogP contribution >= 0.6 is 0 Å². The van der Waals surface area contributed by atoms with Crippen LogP contribution < -0.4 is 0 Å². The van der Waals surface area contributed by atoms with E-state index in [9.17, 15) is 0 Å². The molecule has 0 aliphatic rings. The molecule has 2 heteroatoms. The summed E-state index contributed by atoms with van der Waals surface area (Å²) in [5.74, 6) is 0. The van der Waals surface area contributed by atoms with Gasteiger partial charge in [-0.25, -0.2) is 0 Å². The van der Waals surface area contributed by atoms with E-state index in [4.69, 9.17) is 0 Å². The summed E-state index contributed by atoms with van der Waals surface area (Å²) in [5, 5.41) is 0. The number of hydrogen-bond acceptors (Lipinski definition) is 2. The Labute approximate surface area is 138 Å². The van der Waals surface area contributed by atoms with Gasteiger partial charge in [-0.3, -0.25) is 9.97 Å². The molecule has 2 nitrogen and oxygen atoms in total. The minimum absolute atomic E-state index is 0.993. The summed E-state index contributed by atoms with van der Waals surface area (Å²) in [6.07, 6.45) is 1.90. The Bertz CT molecular complexity index is 836. The molecule has 3 aromatic rings. The molecule has 2 aromatic heterocycles. The van der Waals surface area contributed by atoms with Crippen molar-refractivity contribution in [1.82, 2.24) is 9.97 Å². The highest BCUT2D eigenvalue weighted by Gasteiger charge is 2.12. The first-order valence-corrected chi connectivity index (χ1v) is 7.95. The van der Waals surface area contributed by atoms with E-state index in [2.05, 4.69) is 74.1 Å². The standard InChI is InChI=1S/C21H22N2/c1-13-7-6-8-14(2)20(13)18-9-10-22-19(12-18)21-15(3)11-16(4)23-17(21)5/h6-12H,1-5H3. The van der Waals surface area contributed by atoms with Gasteiger partial charge in [0.1, 0.15) is 0 Å². The molecular weight excluding hydrogens is 280 g/mol. The maximum Gasteiger partial charge on any atom is 0.0729 e. The molecule has 0 unspecified atom stereocenters. The highest BCUT2D eigenvalue weighted by atomic mass is 14.7. The summed E-state index contributed by atoms with van der Waals surface area (Å²) in [6, 6.07) is 12.8. The van der Waals surface area contributed by atoms with E-state index in [-0.39, 0.29) is 0 Å². The van der Waals surface area contributed by atoms with Crippen LogP contribution in [-0.4, -0.2) is 9.97 Å². The lowest BCUT2D eigenvalue weighted by atomic mass is 9.94. The summed E-state index contributed by atoms with van der Waals surface area (Å²) >= 11 is 0. The number of aromatic nitrogens is 2. The zero-order chi connectivity index (χ0) is 16.6. The van der Waals surface area contributed by atoms with E-state index in [0.29, 0.717) is 0 Å². The Balaban J connectivity index is 2.19. The van der Waals surface area contributed by atoms with Crippen molar-refractivity contribution in [2.24, 2.45) is 0 Å². The molecule has 0 N–H and O–H groups in total. The van der Waals surface area contributed by atoms with Gasteiger partial charge in [0.25, 0.3) is 0 Å². The van der Waals surface area contributed by atoms with E-state index >= 15 is 0 Å². The summed E-state index contributed by atoms with van der Waals surface area (Å²) in [5.41, 5.74) is 10.5. The summed E-state index contributed by atoms with van der Waals surface area (Å²) in [4.78, 5) is 9.21. The quantitative estimate of drug-likeness (QED) is 0.637. The van der Waals surface area contributed by atoms with Gasteiger partial charge in [-0.05, 0) is 80.6 Å². The van der Waals surface area contributed by atoms with Gasteiger partial charge >= 0.3 is 0 Å². The number of aryl methyl sites for hydroxylation is 5. The smallest absolute Gasteiger partial charge is 0.0729 e. The summed E-state index contributed by atoms with van der Waals surface area (Å²) < 4.78 is 0. The largest absolute Gasteiger partial charge is 0.258 e. The first kappa shape index (κ1) is 15.4. The molecule has 2 heterocycles. The third kappa shape index (κ3) is 2.89. The molecular formula is C21H22N2. The van der Waals surface area contributed by atoms with Gasteiger partial charge in [0, 0.05) is 23.1 Å². The average molecular weight is 302 g/mol. The van der Waals surface area contributed by atoms with E-state index in [1.165, 1.54) is 27.8 Å². The van der Waals surface area contributed by atoms with Crippen LogP contribution in [0.1, 0.15) is 28.1 Å². The van der Waals surface area contributed by atoms with Gasteiger partial charge < -0.3 is 0 Å². The minimum atomic E-state index is 0.993. The maximum atomic E-state index is 4.61. The molecule has 0 bridgehead atoms. The lowest BCUT2D eigenvalue weighted by molar-refractivity contribution is 1.10. The van der Waals surface area contributed by atoms with Crippen LogP contribution in [0.15, 0.2) is 42.6 Å². The monoisotopic (exact) mass is 302 g/mol. The number of rotatable bonds is 2. The molecule has 0 aliphatic heterocycles. The van der Waals surface area contributed by atoms with Crippen LogP contribution in [0.3, 0.4) is 0 Å². The predicted molar refractivity (Wildman–Crippen MR) is 96.6 cm³/mol. The maximum absolute atomic E-state index is 4.61. The van der Waals surface area contributed by atoms with Crippen molar-refractivity contribution in [1.29, 1.82) is 0 Å². The van der Waals surface area contributed by atoms with Crippen molar-refractivity contribution in [3.63, 3.8) is 0 Å². The molecule has 0 saturated carbocycles. The van der Waals surface area contributed by atoms with E-state index in [1.807, 2.05) is 13.1 Å². The molecule has 0 radical (unpaired) electrons. The topological polar surface area (TPSA) is 25.8 Å². The lowest BCUT2D eigenvalue weighted by Crippen LogP contribution is -1.97. The molecule has 0 amide bonds. The van der Waals surface area contributed by atoms with Crippen molar-refractivity contribution >= 4 is 0 Å². The first-order valence-electron chi connectivity index (χ1n) is 7.95. The fraction of sp³-hybridized carbons (Fsp3) is 0.238. The Morgan fingerprint density at radius 1 is 0.739 bits per heavy atom. The number of benzene rings is 1. The Morgan fingerprint density at radius 3 is 2.09 bits per heavy atom. The Hall–Kier alpha value is -2.48. The van der Waals surface area contributed by atoms with Gasteiger partial charge in [0.05, 0.1) is 5.69 Å². The molecule has 0 atom stereocenters. The zero-order valence-corrected chi connectivity index (χ0v) is 14.4. The van der Waals surface area contributed by atoms with Gasteiger partial charge in [-0.1, -0.05) is 18.2 Å². The Kier molecular flexibility index (Phi) is 3.99. The second-order valence-corrected chi connectivity index (χ2v) is 6.24. The van der Waals surface area contributed by atoms with E-state index in [1.54, 1.807) is 0 Å². The number of pyridine rings is 2. The molecule has 116 valence electrons. The first-order chi connectivity index (χ1) is 11.0. The molecule has 0 saturated heterocycles. The summed E-state index contributed by atoms with van der Waals surface area (Å²) in [6.45, 7) is 10.5. The molecule has 0 aliphatic carbocycles. The number of hydrogen-bond donors (Lipinski definition) is 0. The SMILES string of the molecule is Cc1cc(C)c(-c2cc(-c3c(C)cccc3C)ccn2)c(C)n1. The van der Waals surface area contributed by atoms with Gasteiger partial charge in [0.2, 0.25) is 0 Å². The van der Waals surface area contributed by atoms with Crippen molar-refractivity contribution in [3.05, 3.63) is 70.7 Å². The van der Waals surface area contributed by atoms with Gasteiger partial charge in [0.15, 0.2) is 0 Å². The van der Waals surface area contributed by atoms with Crippen molar-refractivity contribution in [2.75, 3.05) is 0 Å². The van der Waals surface area contributed by atoms with Crippen LogP contribution in [0.2, 0.25) is 0 Å². The van der Waals surface area contributed by atoms with Gasteiger partial charge in [-0.2, -0.15) is 0 Å². The lowest BCUT2D eigenvalue weighted by Gasteiger charge is -2.13. The zero-order valence-electron chi connectivity index (χ0n) is 14.4. The predicted octanol–water partition coefficient (Wildman–Crippen LogP) is 5.35. The van der Waals surface area contributed by atoms with Crippen molar-refractivity contribution < 1.29 is 0 Å².